The average Bonchev–Trinajstić information content (AvgIpc) is 3.22. The lowest BCUT2D eigenvalue weighted by Crippen LogP contribution is -2.47. The van der Waals surface area contributed by atoms with Crippen LogP contribution in [0.3, 0.4) is 0 Å². The van der Waals surface area contributed by atoms with Gasteiger partial charge >= 0.3 is 0 Å². The summed E-state index contributed by atoms with van der Waals surface area (Å²) in [5.74, 6) is 0.645. The van der Waals surface area contributed by atoms with Crippen LogP contribution in [0, 0.1) is 16.7 Å². The molecule has 3 aliphatic carbocycles. The van der Waals surface area contributed by atoms with Crippen LogP contribution in [0.15, 0.2) is 23.8 Å². The van der Waals surface area contributed by atoms with Crippen molar-refractivity contribution in [2.24, 2.45) is 16.7 Å². The van der Waals surface area contributed by atoms with Gasteiger partial charge in [-0.1, -0.05) is 51.5 Å². The van der Waals surface area contributed by atoms with E-state index in [1.165, 1.54) is 25.7 Å². The molecule has 0 aromatic rings. The van der Waals surface area contributed by atoms with Crippen LogP contribution >= 0.6 is 0 Å². The van der Waals surface area contributed by atoms with Crippen molar-refractivity contribution in [3.05, 3.63) is 23.8 Å². The maximum atomic E-state index is 6.91. The van der Waals surface area contributed by atoms with Crippen molar-refractivity contribution in [2.45, 2.75) is 103 Å². The smallest absolute Gasteiger partial charge is 0.192 e. The SMILES string of the molecule is CC(C)(C)[Si](C)(C)O[C@@H]1C=C(CCCC2OCCO2)[C@]23CC[C@](C)(C=C[C@@H]2C1)C3. The fourth-order valence-corrected chi connectivity index (χ4v) is 7.20. The molecular formula is C25H42O3Si. The second-order valence-corrected chi connectivity index (χ2v) is 16.6. The molecule has 1 spiro atoms. The van der Waals surface area contributed by atoms with E-state index >= 15 is 0 Å². The van der Waals surface area contributed by atoms with Gasteiger partial charge in [0.1, 0.15) is 0 Å². The summed E-state index contributed by atoms with van der Waals surface area (Å²) in [4.78, 5) is 0. The zero-order valence-corrected chi connectivity index (χ0v) is 20.6. The van der Waals surface area contributed by atoms with Crippen LogP contribution in [0.4, 0.5) is 0 Å². The van der Waals surface area contributed by atoms with Crippen molar-refractivity contribution in [1.29, 1.82) is 0 Å². The Labute approximate surface area is 179 Å². The van der Waals surface area contributed by atoms with Crippen molar-refractivity contribution in [3.63, 3.8) is 0 Å². The summed E-state index contributed by atoms with van der Waals surface area (Å²) >= 11 is 0. The zero-order valence-electron chi connectivity index (χ0n) is 19.6. The monoisotopic (exact) mass is 418 g/mol. The molecule has 3 nitrogen and oxygen atoms in total. The van der Waals surface area contributed by atoms with Crippen LogP contribution in [0.25, 0.3) is 0 Å². The van der Waals surface area contributed by atoms with Crippen molar-refractivity contribution in [3.8, 4) is 0 Å². The molecule has 164 valence electrons. The third-order valence-electron chi connectivity index (χ3n) is 8.64. The summed E-state index contributed by atoms with van der Waals surface area (Å²) in [5.41, 5.74) is 2.47. The minimum atomic E-state index is -1.78. The Bertz CT molecular complexity index is 670. The normalized spacial score (nSPS) is 37.7. The van der Waals surface area contributed by atoms with Crippen LogP contribution in [-0.2, 0) is 13.9 Å². The molecule has 2 bridgehead atoms. The van der Waals surface area contributed by atoms with Gasteiger partial charge in [0.2, 0.25) is 0 Å². The Kier molecular flexibility index (Phi) is 5.72. The van der Waals surface area contributed by atoms with Gasteiger partial charge in [0.15, 0.2) is 14.6 Å². The van der Waals surface area contributed by atoms with Gasteiger partial charge in [-0.05, 0) is 79.8 Å². The van der Waals surface area contributed by atoms with E-state index in [0.717, 1.165) is 32.5 Å². The Morgan fingerprint density at radius 3 is 2.59 bits per heavy atom. The molecule has 0 aromatic heterocycles. The largest absolute Gasteiger partial charge is 0.411 e. The van der Waals surface area contributed by atoms with Crippen molar-refractivity contribution < 1.29 is 13.9 Å². The van der Waals surface area contributed by atoms with Gasteiger partial charge in [0, 0.05) is 0 Å². The standard InChI is InChI=1S/C25H42O3Si/c1-23(2,3)29(5,6)28-21-16-19(8-7-9-22-26-14-15-27-22)25-13-12-24(4,18-25)11-10-20(25)17-21/h10-11,16,20-22H,7-9,12-15,17-18H2,1-6H3/t20-,21-,24+,25-/m1/s1. The summed E-state index contributed by atoms with van der Waals surface area (Å²) in [6.07, 6.45) is 16.5. The van der Waals surface area contributed by atoms with Gasteiger partial charge < -0.3 is 13.9 Å². The number of hydrogen-bond acceptors (Lipinski definition) is 3. The molecular weight excluding hydrogens is 376 g/mol. The predicted octanol–water partition coefficient (Wildman–Crippen LogP) is 6.61. The molecule has 1 saturated carbocycles. The number of fused-ring (bicyclic) bond motifs is 1. The first-order chi connectivity index (χ1) is 13.5. The van der Waals surface area contributed by atoms with E-state index in [0.29, 0.717) is 16.7 Å². The van der Waals surface area contributed by atoms with Crippen LogP contribution < -0.4 is 0 Å². The maximum absolute atomic E-state index is 6.91. The number of allylic oxidation sites excluding steroid dienone is 3. The van der Waals surface area contributed by atoms with Gasteiger partial charge in [0.05, 0.1) is 19.3 Å². The highest BCUT2D eigenvalue weighted by Gasteiger charge is 2.55. The van der Waals surface area contributed by atoms with E-state index in [1.807, 2.05) is 0 Å². The summed E-state index contributed by atoms with van der Waals surface area (Å²) in [6, 6.07) is 0. The average molecular weight is 419 g/mol. The van der Waals surface area contributed by atoms with E-state index in [4.69, 9.17) is 13.9 Å². The van der Waals surface area contributed by atoms with Gasteiger partial charge in [-0.3, -0.25) is 0 Å². The summed E-state index contributed by atoms with van der Waals surface area (Å²) in [7, 11) is -1.78. The van der Waals surface area contributed by atoms with E-state index in [9.17, 15) is 0 Å². The van der Waals surface area contributed by atoms with Gasteiger partial charge in [-0.2, -0.15) is 0 Å². The molecule has 1 heterocycles. The second-order valence-electron chi connectivity index (χ2n) is 11.9. The van der Waals surface area contributed by atoms with Crippen molar-refractivity contribution in [1.82, 2.24) is 0 Å². The number of hydrogen-bond donors (Lipinski definition) is 0. The Hall–Kier alpha value is -0.423. The molecule has 0 N–H and O–H groups in total. The Morgan fingerprint density at radius 1 is 1.17 bits per heavy atom. The minimum Gasteiger partial charge on any atom is -0.411 e. The maximum Gasteiger partial charge on any atom is 0.192 e. The van der Waals surface area contributed by atoms with Crippen molar-refractivity contribution in [2.75, 3.05) is 13.2 Å². The molecule has 0 amide bonds. The zero-order chi connectivity index (χ0) is 20.9. The molecule has 4 rings (SSSR count). The Morgan fingerprint density at radius 2 is 1.90 bits per heavy atom. The van der Waals surface area contributed by atoms with E-state index in [-0.39, 0.29) is 17.4 Å². The predicted molar refractivity (Wildman–Crippen MR) is 121 cm³/mol. The van der Waals surface area contributed by atoms with E-state index in [2.05, 4.69) is 59.0 Å². The Balaban J connectivity index is 1.54. The van der Waals surface area contributed by atoms with E-state index < -0.39 is 8.32 Å². The quantitative estimate of drug-likeness (QED) is 0.359. The van der Waals surface area contributed by atoms with Crippen LogP contribution in [-0.4, -0.2) is 33.9 Å². The minimum absolute atomic E-state index is 0.0202. The molecule has 0 unspecified atom stereocenters. The first kappa shape index (κ1) is 21.8. The summed E-state index contributed by atoms with van der Waals surface area (Å²) < 4.78 is 18.3. The highest BCUT2D eigenvalue weighted by atomic mass is 28.4. The molecule has 1 aliphatic heterocycles. The first-order valence-electron chi connectivity index (χ1n) is 11.8. The molecule has 4 aliphatic rings. The molecule has 0 aromatic carbocycles. The third kappa shape index (κ3) is 4.20. The first-order valence-corrected chi connectivity index (χ1v) is 14.8. The molecule has 4 heteroatoms. The topological polar surface area (TPSA) is 27.7 Å². The fraction of sp³-hybridized carbons (Fsp3) is 0.840. The lowest BCUT2D eigenvalue weighted by atomic mass is 9.59. The van der Waals surface area contributed by atoms with Gasteiger partial charge in [-0.15, -0.1) is 0 Å². The fourth-order valence-electron chi connectivity index (χ4n) is 5.93. The summed E-state index contributed by atoms with van der Waals surface area (Å²) in [6.45, 7) is 15.8. The van der Waals surface area contributed by atoms with Gasteiger partial charge in [-0.25, -0.2) is 0 Å². The van der Waals surface area contributed by atoms with Crippen molar-refractivity contribution >= 4 is 8.32 Å². The lowest BCUT2D eigenvalue weighted by Gasteiger charge is -2.49. The molecule has 29 heavy (non-hydrogen) atoms. The molecule has 1 saturated heterocycles. The highest BCUT2D eigenvalue weighted by molar-refractivity contribution is 6.74. The number of ether oxygens (including phenoxy) is 2. The lowest BCUT2D eigenvalue weighted by molar-refractivity contribution is -0.0479. The molecule has 2 fully saturated rings. The van der Waals surface area contributed by atoms with Crippen LogP contribution in [0.2, 0.25) is 18.1 Å². The van der Waals surface area contributed by atoms with Gasteiger partial charge in [0.25, 0.3) is 0 Å². The van der Waals surface area contributed by atoms with E-state index in [1.54, 1.807) is 5.57 Å². The van der Waals surface area contributed by atoms with Crippen LogP contribution in [0.1, 0.15) is 72.6 Å². The number of rotatable bonds is 6. The highest BCUT2D eigenvalue weighted by Crippen LogP contribution is 2.64. The third-order valence-corrected chi connectivity index (χ3v) is 13.1. The molecule has 0 radical (unpaired) electrons. The second kappa shape index (κ2) is 7.61. The van der Waals surface area contributed by atoms with Crippen LogP contribution in [0.5, 0.6) is 0 Å². The molecule has 4 atom stereocenters. The summed E-state index contributed by atoms with van der Waals surface area (Å²) in [5, 5.41) is 0.252.